The predicted molar refractivity (Wildman–Crippen MR) is 314 cm³/mol. The molecule has 0 spiro atoms. The number of nitrogens with one attached hydrogen (secondary N) is 1. The van der Waals surface area contributed by atoms with Gasteiger partial charge in [0.25, 0.3) is 0 Å². The van der Waals surface area contributed by atoms with Crippen molar-refractivity contribution in [3.05, 3.63) is 36.5 Å². The summed E-state index contributed by atoms with van der Waals surface area (Å²) in [7, 11) is 0. The second-order valence-corrected chi connectivity index (χ2v) is 23.2. The summed E-state index contributed by atoms with van der Waals surface area (Å²) in [6, 6.07) is -0.977. The van der Waals surface area contributed by atoms with Gasteiger partial charge < -0.3 is 89.9 Å². The summed E-state index contributed by atoms with van der Waals surface area (Å²) in [5.41, 5.74) is 0. The lowest BCUT2D eigenvalue weighted by Gasteiger charge is -2.48. The number of amides is 1. The van der Waals surface area contributed by atoms with Crippen molar-refractivity contribution in [2.75, 3.05) is 26.4 Å². The molecule has 17 atom stereocenters. The van der Waals surface area contributed by atoms with Crippen molar-refractivity contribution >= 4 is 5.91 Å². The summed E-state index contributed by atoms with van der Waals surface area (Å²) >= 11 is 0. The minimum Gasteiger partial charge on any atom is -0.394 e. The Morgan fingerprint density at radius 1 is 0.439 bits per heavy atom. The molecule has 3 heterocycles. The highest BCUT2D eigenvalue weighted by atomic mass is 16.8. The Hall–Kier alpha value is -1.99. The Morgan fingerprint density at radius 3 is 1.27 bits per heavy atom. The lowest BCUT2D eigenvalue weighted by Crippen LogP contribution is -2.66. The van der Waals surface area contributed by atoms with Crippen LogP contribution in [0, 0.1) is 0 Å². The summed E-state index contributed by atoms with van der Waals surface area (Å²) in [6.07, 6.45) is 24.0. The second-order valence-electron chi connectivity index (χ2n) is 23.2. The minimum absolute atomic E-state index is 0.235. The molecule has 17 unspecified atom stereocenters. The van der Waals surface area contributed by atoms with E-state index in [-0.39, 0.29) is 18.9 Å². The number of allylic oxidation sites excluding steroid dienone is 5. The van der Waals surface area contributed by atoms with E-state index in [1.165, 1.54) is 116 Å². The van der Waals surface area contributed by atoms with Crippen molar-refractivity contribution in [1.29, 1.82) is 0 Å². The average Bonchev–Trinajstić information content (AvgIpc) is 3.39. The standard InChI is InChI=1S/C63H115NO18/c1-3-5-7-9-11-13-15-17-19-21-22-23-25-26-28-30-32-34-36-38-40-47(68)46(64-51(69)41-39-37-35-33-31-29-27-24-20-18-16-14-12-10-8-6-4-2)45-77-61-57(75)54(72)59(49(43-66)79-61)82-63-58(76)55(73)60(50(44-67)80-63)81-62-56(74)53(71)52(70)48(42-65)78-62/h12,14,18,20,38,40,46-50,52-63,65-68,70-76H,3-11,13,15-17,19,21-37,39,41-45H2,1-2H3,(H,64,69)/b14-12-,20-18-,40-38+. The molecular weight excluding hydrogens is 1060 g/mol. The Morgan fingerprint density at radius 2 is 0.805 bits per heavy atom. The first kappa shape index (κ1) is 74.3. The molecule has 3 rings (SSSR count). The third-order valence-corrected chi connectivity index (χ3v) is 16.2. The van der Waals surface area contributed by atoms with Crippen molar-refractivity contribution in [3.63, 3.8) is 0 Å². The first-order chi connectivity index (χ1) is 39.8. The number of hydrogen-bond acceptors (Lipinski definition) is 18. The molecule has 19 heteroatoms. The Labute approximate surface area is 491 Å². The van der Waals surface area contributed by atoms with E-state index in [1.54, 1.807) is 6.08 Å². The summed E-state index contributed by atoms with van der Waals surface area (Å²) in [5, 5.41) is 120. The molecule has 0 aromatic carbocycles. The highest BCUT2D eigenvalue weighted by Gasteiger charge is 2.53. The Kier molecular flexibility index (Phi) is 41.8. The molecule has 0 aliphatic carbocycles. The lowest BCUT2D eigenvalue weighted by atomic mass is 9.96. The maximum atomic E-state index is 13.4. The molecule has 0 radical (unpaired) electrons. The summed E-state index contributed by atoms with van der Waals surface area (Å²) in [5.74, 6) is -0.283. The Bertz CT molecular complexity index is 1640. The zero-order chi connectivity index (χ0) is 59.7. The zero-order valence-corrected chi connectivity index (χ0v) is 50.2. The molecule has 0 aromatic rings. The maximum absolute atomic E-state index is 13.4. The summed E-state index contributed by atoms with van der Waals surface area (Å²) < 4.78 is 34.3. The first-order valence-electron chi connectivity index (χ1n) is 32.2. The fourth-order valence-electron chi connectivity index (χ4n) is 10.9. The van der Waals surface area contributed by atoms with Crippen molar-refractivity contribution in [1.82, 2.24) is 5.32 Å². The van der Waals surface area contributed by atoms with E-state index in [9.17, 15) is 61.0 Å². The van der Waals surface area contributed by atoms with Crippen molar-refractivity contribution in [3.8, 4) is 0 Å². The maximum Gasteiger partial charge on any atom is 0.220 e. The average molecular weight is 1170 g/mol. The van der Waals surface area contributed by atoms with Gasteiger partial charge in [0.05, 0.1) is 38.6 Å². The van der Waals surface area contributed by atoms with Crippen LogP contribution < -0.4 is 5.32 Å². The van der Waals surface area contributed by atoms with Gasteiger partial charge in [0.1, 0.15) is 73.2 Å². The van der Waals surface area contributed by atoms with Crippen LogP contribution in [0.3, 0.4) is 0 Å². The van der Waals surface area contributed by atoms with Crippen LogP contribution in [-0.4, -0.2) is 193 Å². The van der Waals surface area contributed by atoms with E-state index >= 15 is 0 Å². The molecule has 0 bridgehead atoms. The number of carbonyl (C=O) groups is 1. The molecule has 480 valence electrons. The van der Waals surface area contributed by atoms with Gasteiger partial charge in [-0.1, -0.05) is 204 Å². The van der Waals surface area contributed by atoms with Crippen molar-refractivity contribution in [2.45, 2.75) is 330 Å². The van der Waals surface area contributed by atoms with Crippen LogP contribution in [0.1, 0.15) is 226 Å². The fourth-order valence-corrected chi connectivity index (χ4v) is 10.9. The Balaban J connectivity index is 1.49. The van der Waals surface area contributed by atoms with Crippen LogP contribution in [-0.2, 0) is 33.2 Å². The predicted octanol–water partition coefficient (Wildman–Crippen LogP) is 6.88. The smallest absolute Gasteiger partial charge is 0.220 e. The van der Waals surface area contributed by atoms with Crippen LogP contribution in [0.25, 0.3) is 0 Å². The number of aliphatic hydroxyl groups excluding tert-OH is 11. The summed E-state index contributed by atoms with van der Waals surface area (Å²) in [6.45, 7) is 1.70. The third-order valence-electron chi connectivity index (χ3n) is 16.2. The zero-order valence-electron chi connectivity index (χ0n) is 50.2. The number of carbonyl (C=O) groups excluding carboxylic acids is 1. The van der Waals surface area contributed by atoms with Gasteiger partial charge in [-0.3, -0.25) is 4.79 Å². The van der Waals surface area contributed by atoms with Crippen LogP contribution in [0.5, 0.6) is 0 Å². The van der Waals surface area contributed by atoms with E-state index in [0.717, 1.165) is 83.5 Å². The molecular formula is C63H115NO18. The number of unbranched alkanes of at least 4 members (excludes halogenated alkanes) is 28. The second kappa shape index (κ2) is 46.2. The normalized spacial score (nSPS) is 29.8. The van der Waals surface area contributed by atoms with E-state index in [0.29, 0.717) is 6.42 Å². The highest BCUT2D eigenvalue weighted by molar-refractivity contribution is 5.76. The van der Waals surface area contributed by atoms with Crippen LogP contribution in [0.2, 0.25) is 0 Å². The van der Waals surface area contributed by atoms with E-state index in [2.05, 4.69) is 43.5 Å². The van der Waals surface area contributed by atoms with Gasteiger partial charge in [-0.25, -0.2) is 0 Å². The quantitative estimate of drug-likeness (QED) is 0.0218. The molecule has 0 saturated carbocycles. The van der Waals surface area contributed by atoms with Crippen molar-refractivity contribution in [2.24, 2.45) is 0 Å². The van der Waals surface area contributed by atoms with Crippen LogP contribution in [0.4, 0.5) is 0 Å². The third kappa shape index (κ3) is 29.1. The number of rotatable bonds is 48. The molecule has 0 aromatic heterocycles. The van der Waals surface area contributed by atoms with Gasteiger partial charge in [-0.05, 0) is 51.4 Å². The van der Waals surface area contributed by atoms with Gasteiger partial charge in [0.2, 0.25) is 5.91 Å². The van der Waals surface area contributed by atoms with Gasteiger partial charge in [-0.15, -0.1) is 0 Å². The van der Waals surface area contributed by atoms with Gasteiger partial charge in [0, 0.05) is 6.42 Å². The van der Waals surface area contributed by atoms with Crippen molar-refractivity contribution < 1.29 is 89.4 Å². The molecule has 3 aliphatic heterocycles. The molecule has 3 aliphatic rings. The van der Waals surface area contributed by atoms with E-state index < -0.39 is 124 Å². The summed E-state index contributed by atoms with van der Waals surface area (Å²) in [4.78, 5) is 13.4. The van der Waals surface area contributed by atoms with Crippen LogP contribution >= 0.6 is 0 Å². The molecule has 12 N–H and O–H groups in total. The number of ether oxygens (including phenoxy) is 6. The van der Waals surface area contributed by atoms with Crippen LogP contribution in [0.15, 0.2) is 36.5 Å². The van der Waals surface area contributed by atoms with Gasteiger partial charge >= 0.3 is 0 Å². The SMILES string of the molecule is CCCCC/C=C\C/C=C\CCCCCCCCCC(=O)NC(COC1OC(CO)C(OC2OC(CO)C(OC3OC(CO)C(O)C(O)C3O)C(O)C2O)C(O)C1O)C(O)/C=C/CCCCCCCCCCCCCCCCCCCC. The van der Waals surface area contributed by atoms with E-state index in [4.69, 9.17) is 28.4 Å². The molecule has 1 amide bonds. The first-order valence-corrected chi connectivity index (χ1v) is 32.2. The monoisotopic (exact) mass is 1170 g/mol. The molecule has 3 saturated heterocycles. The molecule has 19 nitrogen and oxygen atoms in total. The van der Waals surface area contributed by atoms with Gasteiger partial charge in [-0.2, -0.15) is 0 Å². The number of hydrogen-bond donors (Lipinski definition) is 12. The minimum atomic E-state index is -1.98. The van der Waals surface area contributed by atoms with Gasteiger partial charge in [0.15, 0.2) is 18.9 Å². The largest absolute Gasteiger partial charge is 0.394 e. The van der Waals surface area contributed by atoms with E-state index in [1.807, 2.05) is 6.08 Å². The highest BCUT2D eigenvalue weighted by Crippen LogP contribution is 2.33. The fraction of sp³-hybridized carbons (Fsp3) is 0.889. The topological polar surface area (TPSA) is 307 Å². The lowest BCUT2D eigenvalue weighted by molar-refractivity contribution is -0.379. The number of aliphatic hydroxyl groups is 11. The molecule has 3 fully saturated rings. The molecule has 82 heavy (non-hydrogen) atoms.